The molecule has 5 rings (SSSR count). The first-order valence-electron chi connectivity index (χ1n) is 12.0. The Morgan fingerprint density at radius 2 is 1.03 bits per heavy atom. The predicted molar refractivity (Wildman–Crippen MR) is 154 cm³/mol. The summed E-state index contributed by atoms with van der Waals surface area (Å²) < 4.78 is 14.6. The zero-order valence-electron chi connectivity index (χ0n) is 19.9. The van der Waals surface area contributed by atoms with Crippen LogP contribution >= 0.6 is 15.1 Å². The summed E-state index contributed by atoms with van der Waals surface area (Å²) in [5.74, 6) is 0.189. The van der Waals surface area contributed by atoms with Crippen LogP contribution in [0.5, 0.6) is 5.75 Å². The third kappa shape index (κ3) is 5.36. The molecule has 0 atom stereocenters. The van der Waals surface area contributed by atoms with Crippen molar-refractivity contribution in [1.82, 2.24) is 0 Å². The van der Waals surface area contributed by atoms with Gasteiger partial charge in [-0.2, -0.15) is 0 Å². The summed E-state index contributed by atoms with van der Waals surface area (Å²) in [5, 5.41) is 15.1. The summed E-state index contributed by atoms with van der Waals surface area (Å²) in [6.07, 6.45) is 1.12. The van der Waals surface area contributed by atoms with Crippen molar-refractivity contribution in [2.45, 2.75) is 12.3 Å². The fourth-order valence-electron chi connectivity index (χ4n) is 4.50. The molecule has 0 fully saturated rings. The Bertz CT molecular complexity index is 1370. The van der Waals surface area contributed by atoms with Gasteiger partial charge in [-0.05, 0) is 30.2 Å². The van der Waals surface area contributed by atoms with Gasteiger partial charge < -0.3 is 9.67 Å². The first kappa shape index (κ1) is 24.3. The third-order valence-corrected chi connectivity index (χ3v) is 11.9. The molecule has 0 radical (unpaired) electrons. The summed E-state index contributed by atoms with van der Waals surface area (Å²) in [7, 11) is -3.62. The first-order chi connectivity index (χ1) is 17.6. The highest BCUT2D eigenvalue weighted by molar-refractivity contribution is 7.78. The van der Waals surface area contributed by atoms with Gasteiger partial charge in [0.2, 0.25) is 0 Å². The number of hydrogen-bond donors (Lipinski definition) is 1. The molecule has 5 aromatic carbocycles. The van der Waals surface area contributed by atoms with Crippen LogP contribution in [-0.4, -0.2) is 5.11 Å². The largest absolute Gasteiger partial charge is 0.508 e. The summed E-state index contributed by atoms with van der Waals surface area (Å²) in [4.78, 5) is 0. The molecule has 4 heteroatoms. The molecule has 1 N–H and O–H groups in total. The van der Waals surface area contributed by atoms with Crippen molar-refractivity contribution in [3.8, 4) is 5.75 Å². The fraction of sp³-hybridized carbons (Fsp3) is 0.0625. The zero-order valence-corrected chi connectivity index (χ0v) is 21.7. The molecule has 0 aliphatic carbocycles. The minimum atomic E-state index is -3.00. The number of hydrogen-bond acceptors (Lipinski definition) is 2. The normalized spacial score (nSPS) is 11.5. The number of rotatable bonds is 8. The molecule has 0 aliphatic heterocycles. The quantitative estimate of drug-likeness (QED) is 0.243. The van der Waals surface area contributed by atoms with Crippen LogP contribution < -0.4 is 21.2 Å². The Balaban J connectivity index is 1.52. The molecule has 0 aliphatic rings. The van der Waals surface area contributed by atoms with E-state index in [0.717, 1.165) is 27.9 Å². The van der Waals surface area contributed by atoms with E-state index in [1.165, 1.54) is 10.6 Å². The summed E-state index contributed by atoms with van der Waals surface area (Å²) >= 11 is 0. The highest BCUT2D eigenvalue weighted by atomic mass is 31.2. The third-order valence-electron chi connectivity index (χ3n) is 6.36. The maximum atomic E-state index is 14.6. The lowest BCUT2D eigenvalue weighted by Crippen LogP contribution is -2.17. The highest BCUT2D eigenvalue weighted by Crippen LogP contribution is 2.49. The number of aromatic hydroxyl groups is 1. The van der Waals surface area contributed by atoms with Crippen LogP contribution in [-0.2, 0) is 16.9 Å². The van der Waals surface area contributed by atoms with Crippen LogP contribution in [0.3, 0.4) is 0 Å². The summed E-state index contributed by atoms with van der Waals surface area (Å²) in [6, 6.07) is 46.3. The lowest BCUT2D eigenvalue weighted by atomic mass is 10.1. The number of benzene rings is 5. The van der Waals surface area contributed by atoms with Crippen molar-refractivity contribution in [1.29, 1.82) is 0 Å². The Hall–Kier alpha value is -3.44. The molecular formula is C32H28O2P2. The van der Waals surface area contributed by atoms with Gasteiger partial charge in [-0.25, -0.2) is 0 Å². The molecule has 0 unspecified atom stereocenters. The van der Waals surface area contributed by atoms with E-state index in [0.29, 0.717) is 0 Å². The zero-order chi connectivity index (χ0) is 24.8. The van der Waals surface area contributed by atoms with E-state index in [1.807, 2.05) is 78.9 Å². The van der Waals surface area contributed by atoms with E-state index in [-0.39, 0.29) is 11.9 Å². The minimum Gasteiger partial charge on any atom is -0.508 e. The van der Waals surface area contributed by atoms with E-state index >= 15 is 0 Å². The minimum absolute atomic E-state index is 0.189. The van der Waals surface area contributed by atoms with Gasteiger partial charge in [-0.3, -0.25) is 0 Å². The molecular weight excluding hydrogens is 478 g/mol. The van der Waals surface area contributed by atoms with Gasteiger partial charge in [0.15, 0.2) is 0 Å². The Morgan fingerprint density at radius 1 is 0.583 bits per heavy atom. The summed E-state index contributed by atoms with van der Waals surface area (Å²) in [5.41, 5.74) is 1.86. The Kier molecular flexibility index (Phi) is 7.47. The molecule has 178 valence electrons. The molecule has 0 saturated heterocycles. The first-order valence-corrected chi connectivity index (χ1v) is 15.4. The van der Waals surface area contributed by atoms with E-state index < -0.39 is 15.1 Å². The van der Waals surface area contributed by atoms with Gasteiger partial charge in [-0.15, -0.1) is 0 Å². The van der Waals surface area contributed by atoms with Gasteiger partial charge in [0.05, 0.1) is 0 Å². The smallest absolute Gasteiger partial charge is 0.147 e. The van der Waals surface area contributed by atoms with Crippen molar-refractivity contribution in [2.24, 2.45) is 0 Å². The predicted octanol–water partition coefficient (Wildman–Crippen LogP) is 6.54. The van der Waals surface area contributed by atoms with Crippen molar-refractivity contribution in [3.05, 3.63) is 151 Å². The second-order valence-electron chi connectivity index (χ2n) is 8.79. The maximum absolute atomic E-state index is 14.6. The van der Waals surface area contributed by atoms with Crippen LogP contribution in [0.2, 0.25) is 0 Å². The lowest BCUT2D eigenvalue weighted by Gasteiger charge is -2.22. The van der Waals surface area contributed by atoms with Gasteiger partial charge in [0.1, 0.15) is 12.9 Å². The van der Waals surface area contributed by atoms with E-state index in [1.54, 1.807) is 6.07 Å². The number of phenolic OH excluding ortho intramolecular Hbond substituents is 1. The van der Waals surface area contributed by atoms with Gasteiger partial charge in [0.25, 0.3) is 0 Å². The topological polar surface area (TPSA) is 37.3 Å². The molecule has 0 spiro atoms. The maximum Gasteiger partial charge on any atom is 0.147 e. The second-order valence-corrected chi connectivity index (χ2v) is 13.8. The molecule has 0 aromatic heterocycles. The van der Waals surface area contributed by atoms with Crippen LogP contribution in [0.4, 0.5) is 0 Å². The number of phenols is 1. The van der Waals surface area contributed by atoms with E-state index in [4.69, 9.17) is 0 Å². The molecule has 0 saturated carbocycles. The molecule has 0 bridgehead atoms. The molecule has 2 nitrogen and oxygen atoms in total. The van der Waals surface area contributed by atoms with Crippen LogP contribution in [0.15, 0.2) is 140 Å². The fourth-order valence-corrected chi connectivity index (χ4v) is 9.50. The van der Waals surface area contributed by atoms with Gasteiger partial charge >= 0.3 is 0 Å². The Labute approximate surface area is 214 Å². The standard InChI is InChI=1S/C32H28O2P2/c33-32-22-21-26(24-35(28-13-5-1-6-14-28)29-15-7-2-8-16-29)23-27(32)25-36(34,30-17-9-3-10-18-30)31-19-11-4-12-20-31/h1-23,33H,24-25H2. The monoisotopic (exact) mass is 506 g/mol. The SMILES string of the molecule is O=P(Cc1cc(CP(c2ccccc2)c2ccccc2)ccc1O)(c1ccccc1)c1ccccc1. The average molecular weight is 507 g/mol. The van der Waals surface area contributed by atoms with Crippen LogP contribution in [0.1, 0.15) is 11.1 Å². The molecule has 5 aromatic rings. The highest BCUT2D eigenvalue weighted by Gasteiger charge is 2.29. The van der Waals surface area contributed by atoms with E-state index in [2.05, 4.69) is 54.6 Å². The van der Waals surface area contributed by atoms with Gasteiger partial charge in [-0.1, -0.05) is 133 Å². The average Bonchev–Trinajstić information content (AvgIpc) is 2.95. The molecule has 0 amide bonds. The van der Waals surface area contributed by atoms with Crippen molar-refractivity contribution in [2.75, 3.05) is 0 Å². The van der Waals surface area contributed by atoms with Crippen molar-refractivity contribution >= 4 is 36.3 Å². The van der Waals surface area contributed by atoms with Gasteiger partial charge in [0, 0.05) is 28.5 Å². The second kappa shape index (κ2) is 11.1. The Morgan fingerprint density at radius 3 is 1.50 bits per heavy atom. The molecule has 0 heterocycles. The summed E-state index contributed by atoms with van der Waals surface area (Å²) in [6.45, 7) is 0. The lowest BCUT2D eigenvalue weighted by molar-refractivity contribution is 0.470. The van der Waals surface area contributed by atoms with Crippen molar-refractivity contribution < 1.29 is 9.67 Å². The van der Waals surface area contributed by atoms with Crippen LogP contribution in [0, 0.1) is 0 Å². The van der Waals surface area contributed by atoms with Crippen LogP contribution in [0.25, 0.3) is 0 Å². The van der Waals surface area contributed by atoms with Crippen molar-refractivity contribution in [3.63, 3.8) is 0 Å². The van der Waals surface area contributed by atoms with E-state index in [9.17, 15) is 9.67 Å². The molecule has 36 heavy (non-hydrogen) atoms.